The number of hydrogen-bond donors (Lipinski definition) is 1. The standard InChI is InChI=1S/C19H19FN4O/c1-12(2)14-7-9-17(10-8-14)24-13(3)18(22-23-24)19(25)21-16-6-4-5-15(20)11-16/h4-12H,1-3H3,(H,21,25). The molecule has 1 N–H and O–H groups in total. The van der Waals surface area contributed by atoms with E-state index in [9.17, 15) is 9.18 Å². The van der Waals surface area contributed by atoms with Crippen molar-refractivity contribution in [3.05, 3.63) is 71.3 Å². The zero-order chi connectivity index (χ0) is 18.0. The predicted octanol–water partition coefficient (Wildman–Crippen LogP) is 4.09. The third-order valence-electron chi connectivity index (χ3n) is 4.00. The van der Waals surface area contributed by atoms with Crippen molar-refractivity contribution in [2.24, 2.45) is 0 Å². The van der Waals surface area contributed by atoms with E-state index < -0.39 is 11.7 Å². The molecule has 0 aliphatic carbocycles. The van der Waals surface area contributed by atoms with Crippen LogP contribution in [0.3, 0.4) is 0 Å². The molecule has 1 heterocycles. The van der Waals surface area contributed by atoms with Gasteiger partial charge in [0.2, 0.25) is 0 Å². The summed E-state index contributed by atoms with van der Waals surface area (Å²) < 4.78 is 14.8. The van der Waals surface area contributed by atoms with E-state index in [1.165, 1.54) is 23.8 Å². The van der Waals surface area contributed by atoms with Gasteiger partial charge >= 0.3 is 0 Å². The normalized spacial score (nSPS) is 10.9. The molecule has 0 atom stereocenters. The van der Waals surface area contributed by atoms with E-state index in [1.807, 2.05) is 24.3 Å². The van der Waals surface area contributed by atoms with Crippen LogP contribution in [0.5, 0.6) is 0 Å². The zero-order valence-electron chi connectivity index (χ0n) is 14.3. The summed E-state index contributed by atoms with van der Waals surface area (Å²) >= 11 is 0. The van der Waals surface area contributed by atoms with Crippen LogP contribution >= 0.6 is 0 Å². The van der Waals surface area contributed by atoms with Crippen LogP contribution in [0.2, 0.25) is 0 Å². The molecule has 0 radical (unpaired) electrons. The maximum Gasteiger partial charge on any atom is 0.278 e. The number of rotatable bonds is 4. The van der Waals surface area contributed by atoms with Gasteiger partial charge in [-0.25, -0.2) is 9.07 Å². The van der Waals surface area contributed by atoms with Crippen LogP contribution in [0.4, 0.5) is 10.1 Å². The summed E-state index contributed by atoms with van der Waals surface area (Å²) in [7, 11) is 0. The van der Waals surface area contributed by atoms with Gasteiger partial charge in [-0.1, -0.05) is 37.3 Å². The summed E-state index contributed by atoms with van der Waals surface area (Å²) in [5.74, 6) is -0.393. The van der Waals surface area contributed by atoms with Gasteiger partial charge in [0.05, 0.1) is 11.4 Å². The molecule has 0 bridgehead atoms. The highest BCUT2D eigenvalue weighted by Gasteiger charge is 2.17. The van der Waals surface area contributed by atoms with Crippen LogP contribution in [-0.2, 0) is 0 Å². The van der Waals surface area contributed by atoms with Gasteiger partial charge in [0.25, 0.3) is 5.91 Å². The highest BCUT2D eigenvalue weighted by atomic mass is 19.1. The van der Waals surface area contributed by atoms with Gasteiger partial charge in [0.15, 0.2) is 5.69 Å². The molecular weight excluding hydrogens is 319 g/mol. The molecular formula is C19H19FN4O. The van der Waals surface area contributed by atoms with E-state index in [0.717, 1.165) is 5.69 Å². The number of benzene rings is 2. The Balaban J connectivity index is 1.84. The Kier molecular flexibility index (Phi) is 4.61. The maximum atomic E-state index is 13.2. The zero-order valence-corrected chi connectivity index (χ0v) is 14.3. The molecule has 2 aromatic carbocycles. The first kappa shape index (κ1) is 16.8. The van der Waals surface area contributed by atoms with Gasteiger partial charge in [0.1, 0.15) is 5.82 Å². The van der Waals surface area contributed by atoms with Gasteiger partial charge in [-0.05, 0) is 48.7 Å². The molecule has 3 rings (SSSR count). The van der Waals surface area contributed by atoms with E-state index >= 15 is 0 Å². The minimum Gasteiger partial charge on any atom is -0.320 e. The highest BCUT2D eigenvalue weighted by molar-refractivity contribution is 6.03. The lowest BCUT2D eigenvalue weighted by atomic mass is 10.0. The number of hydrogen-bond acceptors (Lipinski definition) is 3. The summed E-state index contributed by atoms with van der Waals surface area (Å²) in [6.07, 6.45) is 0. The van der Waals surface area contributed by atoms with Crippen molar-refractivity contribution >= 4 is 11.6 Å². The Morgan fingerprint density at radius 1 is 1.16 bits per heavy atom. The lowest BCUT2D eigenvalue weighted by molar-refractivity contribution is 0.102. The first-order valence-corrected chi connectivity index (χ1v) is 8.05. The lowest BCUT2D eigenvalue weighted by Gasteiger charge is -2.08. The van der Waals surface area contributed by atoms with Crippen molar-refractivity contribution in [2.45, 2.75) is 26.7 Å². The fourth-order valence-electron chi connectivity index (χ4n) is 2.54. The number of nitrogens with zero attached hydrogens (tertiary/aromatic N) is 3. The topological polar surface area (TPSA) is 59.8 Å². The molecule has 6 heteroatoms. The quantitative estimate of drug-likeness (QED) is 0.779. The van der Waals surface area contributed by atoms with Crippen LogP contribution in [-0.4, -0.2) is 20.9 Å². The van der Waals surface area contributed by atoms with E-state index in [4.69, 9.17) is 0 Å². The average Bonchev–Trinajstić information content (AvgIpc) is 2.96. The van der Waals surface area contributed by atoms with Crippen LogP contribution in [0.1, 0.15) is 41.5 Å². The molecule has 0 aliphatic heterocycles. The number of amides is 1. The molecule has 5 nitrogen and oxygen atoms in total. The fraction of sp³-hybridized carbons (Fsp3) is 0.211. The van der Waals surface area contributed by atoms with Gasteiger partial charge in [-0.2, -0.15) is 0 Å². The third-order valence-corrected chi connectivity index (χ3v) is 4.00. The number of carbonyl (C=O) groups is 1. The van der Waals surface area contributed by atoms with Gasteiger partial charge in [-0.15, -0.1) is 5.10 Å². The Bertz CT molecular complexity index is 900. The number of halogens is 1. The Hall–Kier alpha value is -3.02. The van der Waals surface area contributed by atoms with Crippen molar-refractivity contribution in [1.29, 1.82) is 0 Å². The second-order valence-corrected chi connectivity index (χ2v) is 6.15. The number of anilines is 1. The lowest BCUT2D eigenvalue weighted by Crippen LogP contribution is -2.14. The van der Waals surface area contributed by atoms with E-state index in [2.05, 4.69) is 29.5 Å². The predicted molar refractivity (Wildman–Crippen MR) is 94.5 cm³/mol. The van der Waals surface area contributed by atoms with Crippen molar-refractivity contribution in [3.8, 4) is 5.69 Å². The van der Waals surface area contributed by atoms with Crippen molar-refractivity contribution < 1.29 is 9.18 Å². The molecule has 0 fully saturated rings. The smallest absolute Gasteiger partial charge is 0.278 e. The Labute approximate surface area is 145 Å². The third kappa shape index (κ3) is 3.57. The molecule has 0 spiro atoms. The minimum absolute atomic E-state index is 0.206. The molecule has 1 aromatic heterocycles. The molecule has 128 valence electrons. The monoisotopic (exact) mass is 338 g/mol. The van der Waals surface area contributed by atoms with Crippen LogP contribution < -0.4 is 5.32 Å². The molecule has 0 saturated heterocycles. The molecule has 0 saturated carbocycles. The van der Waals surface area contributed by atoms with Gasteiger partial charge < -0.3 is 5.32 Å². The molecule has 0 unspecified atom stereocenters. The Morgan fingerprint density at radius 3 is 2.52 bits per heavy atom. The van der Waals surface area contributed by atoms with Gasteiger partial charge in [-0.3, -0.25) is 4.79 Å². The highest BCUT2D eigenvalue weighted by Crippen LogP contribution is 2.19. The second-order valence-electron chi connectivity index (χ2n) is 6.15. The summed E-state index contributed by atoms with van der Waals surface area (Å²) in [5.41, 5.74) is 3.26. The molecule has 3 aromatic rings. The Morgan fingerprint density at radius 2 is 1.88 bits per heavy atom. The number of aromatic nitrogens is 3. The minimum atomic E-state index is -0.423. The van der Waals surface area contributed by atoms with Crippen molar-refractivity contribution in [2.75, 3.05) is 5.32 Å². The SMILES string of the molecule is Cc1c(C(=O)Nc2cccc(F)c2)nnn1-c1ccc(C(C)C)cc1. The summed E-state index contributed by atoms with van der Waals surface area (Å²) in [6, 6.07) is 13.7. The molecule has 25 heavy (non-hydrogen) atoms. The number of carbonyl (C=O) groups excluding carboxylic acids is 1. The summed E-state index contributed by atoms with van der Waals surface area (Å²) in [6.45, 7) is 6.03. The maximum absolute atomic E-state index is 13.2. The van der Waals surface area contributed by atoms with E-state index in [-0.39, 0.29) is 5.69 Å². The largest absolute Gasteiger partial charge is 0.320 e. The first-order chi connectivity index (χ1) is 12.0. The van der Waals surface area contributed by atoms with Gasteiger partial charge in [0, 0.05) is 5.69 Å². The van der Waals surface area contributed by atoms with E-state index in [0.29, 0.717) is 17.3 Å². The van der Waals surface area contributed by atoms with Crippen LogP contribution in [0, 0.1) is 12.7 Å². The average molecular weight is 338 g/mol. The fourth-order valence-corrected chi connectivity index (χ4v) is 2.54. The van der Waals surface area contributed by atoms with Crippen LogP contribution in [0.15, 0.2) is 48.5 Å². The van der Waals surface area contributed by atoms with Crippen LogP contribution in [0.25, 0.3) is 5.69 Å². The second kappa shape index (κ2) is 6.84. The summed E-state index contributed by atoms with van der Waals surface area (Å²) in [4.78, 5) is 12.4. The number of nitrogens with one attached hydrogen (secondary N) is 1. The first-order valence-electron chi connectivity index (χ1n) is 8.05. The van der Waals surface area contributed by atoms with Crippen molar-refractivity contribution in [3.63, 3.8) is 0 Å². The molecule has 0 aliphatic rings. The van der Waals surface area contributed by atoms with Crippen molar-refractivity contribution in [1.82, 2.24) is 15.0 Å². The van der Waals surface area contributed by atoms with E-state index in [1.54, 1.807) is 17.7 Å². The summed E-state index contributed by atoms with van der Waals surface area (Å²) in [5, 5.41) is 10.7. The molecule has 1 amide bonds.